The summed E-state index contributed by atoms with van der Waals surface area (Å²) in [5.74, 6) is 0.509. The van der Waals surface area contributed by atoms with Gasteiger partial charge in [-0.05, 0) is 42.7 Å². The van der Waals surface area contributed by atoms with Gasteiger partial charge in [-0.15, -0.1) is 0 Å². The molecule has 5 heteroatoms. The third-order valence-electron chi connectivity index (χ3n) is 4.41. The van der Waals surface area contributed by atoms with Crippen LogP contribution < -0.4 is 5.32 Å². The maximum atomic E-state index is 13.2. The molecule has 0 radical (unpaired) electrons. The lowest BCUT2D eigenvalue weighted by atomic mass is 9.74. The Labute approximate surface area is 134 Å². The lowest BCUT2D eigenvalue weighted by molar-refractivity contribution is 0.0543. The molecule has 0 spiro atoms. The number of hydrogen-bond donors (Lipinski definition) is 1. The van der Waals surface area contributed by atoms with Gasteiger partial charge in [0.2, 0.25) is 0 Å². The van der Waals surface area contributed by atoms with Crippen LogP contribution in [0.4, 0.5) is 10.2 Å². The highest BCUT2D eigenvalue weighted by molar-refractivity contribution is 5.40. The minimum Gasteiger partial charge on any atom is -0.381 e. The summed E-state index contributed by atoms with van der Waals surface area (Å²) in [5, 5.41) is 12.2. The quantitative estimate of drug-likeness (QED) is 0.941. The summed E-state index contributed by atoms with van der Waals surface area (Å²) < 4.78 is 18.7. The average molecular weight is 311 g/mol. The molecule has 2 aromatic rings. The van der Waals surface area contributed by atoms with E-state index in [0.717, 1.165) is 24.2 Å². The summed E-state index contributed by atoms with van der Waals surface area (Å²) in [6.45, 7) is 2.08. The molecule has 0 aliphatic carbocycles. The topological polar surface area (TPSA) is 57.9 Å². The first-order valence-corrected chi connectivity index (χ1v) is 7.66. The monoisotopic (exact) mass is 311 g/mol. The molecule has 2 heterocycles. The van der Waals surface area contributed by atoms with Crippen LogP contribution >= 0.6 is 0 Å². The van der Waals surface area contributed by atoms with Crippen LogP contribution in [0.5, 0.6) is 0 Å². The predicted octanol–water partition coefficient (Wildman–Crippen LogP) is 3.25. The second kappa shape index (κ2) is 6.76. The van der Waals surface area contributed by atoms with E-state index in [1.807, 2.05) is 12.1 Å². The van der Waals surface area contributed by atoms with Crippen LogP contribution in [0.2, 0.25) is 0 Å². The average Bonchev–Trinajstić information content (AvgIpc) is 2.62. The molecule has 0 atom stereocenters. The maximum Gasteiger partial charge on any atom is 0.125 e. The molecule has 0 bridgehead atoms. The summed E-state index contributed by atoms with van der Waals surface area (Å²) in [4.78, 5) is 4.25. The highest BCUT2D eigenvalue weighted by Crippen LogP contribution is 2.35. The molecule has 1 aliphatic rings. The number of nitrogens with zero attached hydrogens (tertiary/aromatic N) is 2. The van der Waals surface area contributed by atoms with Gasteiger partial charge < -0.3 is 10.1 Å². The van der Waals surface area contributed by atoms with E-state index in [1.54, 1.807) is 18.3 Å². The Bertz CT molecular complexity index is 686. The first-order valence-electron chi connectivity index (χ1n) is 7.66. The van der Waals surface area contributed by atoms with Gasteiger partial charge in [0.25, 0.3) is 0 Å². The molecule has 1 aromatic carbocycles. The van der Waals surface area contributed by atoms with E-state index in [-0.39, 0.29) is 11.2 Å². The van der Waals surface area contributed by atoms with Crippen LogP contribution in [0.3, 0.4) is 0 Å². The van der Waals surface area contributed by atoms with Gasteiger partial charge in [0.05, 0.1) is 5.56 Å². The molecule has 118 valence electrons. The number of rotatable bonds is 4. The maximum absolute atomic E-state index is 13.2. The lowest BCUT2D eigenvalue weighted by Crippen LogP contribution is -2.40. The minimum absolute atomic E-state index is 0.0957. The largest absolute Gasteiger partial charge is 0.381 e. The Morgan fingerprint density at radius 1 is 1.17 bits per heavy atom. The Kier molecular flexibility index (Phi) is 4.54. The Hall–Kier alpha value is -2.45. The summed E-state index contributed by atoms with van der Waals surface area (Å²) >= 11 is 0. The zero-order valence-electron chi connectivity index (χ0n) is 12.8. The summed E-state index contributed by atoms with van der Waals surface area (Å²) in [6, 6.07) is 12.3. The third kappa shape index (κ3) is 3.49. The van der Waals surface area contributed by atoms with Gasteiger partial charge >= 0.3 is 0 Å². The van der Waals surface area contributed by atoms with Crippen LogP contribution in [0.15, 0.2) is 42.6 Å². The lowest BCUT2D eigenvalue weighted by Gasteiger charge is -2.38. The summed E-state index contributed by atoms with van der Waals surface area (Å²) in [7, 11) is 0. The first kappa shape index (κ1) is 15.4. The van der Waals surface area contributed by atoms with Crippen molar-refractivity contribution in [1.29, 1.82) is 5.26 Å². The summed E-state index contributed by atoms with van der Waals surface area (Å²) in [6.07, 6.45) is 3.31. The standard InChI is InChI=1S/C18H18FN3O/c19-16-4-2-15(3-5-16)18(7-9-23-10-8-18)13-22-17-6-1-14(11-20)12-21-17/h1-6,12H,7-10,13H2,(H,21,22). The van der Waals surface area contributed by atoms with E-state index in [9.17, 15) is 4.39 Å². The van der Waals surface area contributed by atoms with Crippen molar-refractivity contribution in [2.75, 3.05) is 25.1 Å². The Morgan fingerprint density at radius 2 is 1.91 bits per heavy atom. The van der Waals surface area contributed by atoms with Crippen LogP contribution in [0, 0.1) is 17.1 Å². The van der Waals surface area contributed by atoms with Crippen molar-refractivity contribution in [3.8, 4) is 6.07 Å². The van der Waals surface area contributed by atoms with E-state index in [2.05, 4.69) is 16.4 Å². The van der Waals surface area contributed by atoms with E-state index in [1.165, 1.54) is 12.1 Å². The number of benzene rings is 1. The predicted molar refractivity (Wildman–Crippen MR) is 85.6 cm³/mol. The van der Waals surface area contributed by atoms with Gasteiger partial charge in [0.15, 0.2) is 0 Å². The molecule has 1 aromatic heterocycles. The number of halogens is 1. The fourth-order valence-corrected chi connectivity index (χ4v) is 2.96. The fourth-order valence-electron chi connectivity index (χ4n) is 2.96. The highest BCUT2D eigenvalue weighted by atomic mass is 19.1. The van der Waals surface area contributed by atoms with Gasteiger partial charge in [0, 0.05) is 31.4 Å². The van der Waals surface area contributed by atoms with Crippen molar-refractivity contribution in [1.82, 2.24) is 4.98 Å². The molecular weight excluding hydrogens is 293 g/mol. The molecule has 0 amide bonds. The van der Waals surface area contributed by atoms with Crippen molar-refractivity contribution in [2.24, 2.45) is 0 Å². The van der Waals surface area contributed by atoms with E-state index >= 15 is 0 Å². The molecule has 23 heavy (non-hydrogen) atoms. The van der Waals surface area contributed by atoms with E-state index in [0.29, 0.717) is 25.3 Å². The molecule has 0 saturated carbocycles. The van der Waals surface area contributed by atoms with Crippen molar-refractivity contribution in [3.05, 3.63) is 59.5 Å². The van der Waals surface area contributed by atoms with Crippen molar-refractivity contribution in [3.63, 3.8) is 0 Å². The number of aromatic nitrogens is 1. The molecule has 0 unspecified atom stereocenters. The second-order valence-corrected chi connectivity index (χ2v) is 5.80. The van der Waals surface area contributed by atoms with Gasteiger partial charge in [-0.25, -0.2) is 9.37 Å². The number of ether oxygens (including phenoxy) is 1. The van der Waals surface area contributed by atoms with Gasteiger partial charge in [-0.1, -0.05) is 12.1 Å². The Morgan fingerprint density at radius 3 is 2.52 bits per heavy atom. The third-order valence-corrected chi connectivity index (χ3v) is 4.41. The number of anilines is 1. The second-order valence-electron chi connectivity index (χ2n) is 5.80. The fraction of sp³-hybridized carbons (Fsp3) is 0.333. The van der Waals surface area contributed by atoms with Crippen LogP contribution in [-0.2, 0) is 10.2 Å². The minimum atomic E-state index is -0.224. The molecule has 3 rings (SSSR count). The smallest absolute Gasteiger partial charge is 0.125 e. The van der Waals surface area contributed by atoms with Gasteiger partial charge in [0.1, 0.15) is 17.7 Å². The Balaban J connectivity index is 1.78. The number of hydrogen-bond acceptors (Lipinski definition) is 4. The zero-order valence-corrected chi connectivity index (χ0v) is 12.8. The molecule has 1 aliphatic heterocycles. The highest BCUT2D eigenvalue weighted by Gasteiger charge is 2.34. The molecular formula is C18H18FN3O. The molecule has 4 nitrogen and oxygen atoms in total. The van der Waals surface area contributed by atoms with Crippen molar-refractivity contribution < 1.29 is 9.13 Å². The normalized spacial score (nSPS) is 16.5. The van der Waals surface area contributed by atoms with E-state index < -0.39 is 0 Å². The molecule has 1 N–H and O–H groups in total. The van der Waals surface area contributed by atoms with Gasteiger partial charge in [-0.3, -0.25) is 0 Å². The van der Waals surface area contributed by atoms with Gasteiger partial charge in [-0.2, -0.15) is 5.26 Å². The van der Waals surface area contributed by atoms with Crippen LogP contribution in [0.1, 0.15) is 24.0 Å². The number of pyridine rings is 1. The number of nitrogens with one attached hydrogen (secondary N) is 1. The number of nitriles is 1. The molecule has 1 fully saturated rings. The van der Waals surface area contributed by atoms with Crippen LogP contribution in [-0.4, -0.2) is 24.7 Å². The zero-order chi connectivity index (χ0) is 16.1. The van der Waals surface area contributed by atoms with E-state index in [4.69, 9.17) is 10.00 Å². The SMILES string of the molecule is N#Cc1ccc(NCC2(c3ccc(F)cc3)CCOCC2)nc1. The molecule has 1 saturated heterocycles. The first-order chi connectivity index (χ1) is 11.2. The van der Waals surface area contributed by atoms with Crippen LogP contribution in [0.25, 0.3) is 0 Å². The van der Waals surface area contributed by atoms with Crippen molar-refractivity contribution in [2.45, 2.75) is 18.3 Å². The van der Waals surface area contributed by atoms with Crippen molar-refractivity contribution >= 4 is 5.82 Å². The summed E-state index contributed by atoms with van der Waals surface area (Å²) in [5.41, 5.74) is 1.56.